The number of benzene rings is 2. The molecule has 2 aromatic carbocycles. The highest BCUT2D eigenvalue weighted by atomic mass is 16.6. The molecule has 1 aliphatic heterocycles. The van der Waals surface area contributed by atoms with E-state index in [1.165, 1.54) is 20.1 Å². The number of hydrogen-bond acceptors (Lipinski definition) is 18. The lowest BCUT2D eigenvalue weighted by atomic mass is 9.56. The Morgan fingerprint density at radius 1 is 1.00 bits per heavy atom. The number of phenolic OH excluding ortho intramolecular Hbond substituents is 1. The fourth-order valence-electron chi connectivity index (χ4n) is 8.25. The predicted octanol–water partition coefficient (Wildman–Crippen LogP) is -0.453. The van der Waals surface area contributed by atoms with E-state index in [2.05, 4.69) is 9.73 Å². The summed E-state index contributed by atoms with van der Waals surface area (Å²) in [6.45, 7) is 1.53. The van der Waals surface area contributed by atoms with Crippen LogP contribution in [0.2, 0.25) is 0 Å². The molecule has 1 fully saturated rings. The summed E-state index contributed by atoms with van der Waals surface area (Å²) in [4.78, 5) is 87.0. The van der Waals surface area contributed by atoms with Crippen LogP contribution in [0.3, 0.4) is 0 Å². The number of aliphatic hydroxyl groups excluding tert-OH is 3. The van der Waals surface area contributed by atoms with Gasteiger partial charge >= 0.3 is 11.9 Å². The van der Waals surface area contributed by atoms with Crippen LogP contribution in [0, 0.1) is 12.8 Å². The minimum Gasteiger partial charge on any atom is -0.506 e. The molecule has 6 rings (SSSR count). The average molecular weight is 770 g/mol. The Hall–Kier alpha value is -4.95. The molecule has 55 heavy (non-hydrogen) atoms. The summed E-state index contributed by atoms with van der Waals surface area (Å²) >= 11 is 0. The number of aliphatic hydroxyl groups is 4. The number of phenols is 1. The van der Waals surface area contributed by atoms with E-state index >= 15 is 0 Å². The van der Waals surface area contributed by atoms with Gasteiger partial charge in [0.2, 0.25) is 17.3 Å². The van der Waals surface area contributed by atoms with Crippen molar-refractivity contribution in [2.24, 2.45) is 10.9 Å². The molecule has 0 saturated carbocycles. The Balaban J connectivity index is 1.57. The third kappa shape index (κ3) is 5.54. The number of Topliss-reactive ketones (excluding diaryl/α,β-unsaturated/α-hetero) is 4. The van der Waals surface area contributed by atoms with Crippen LogP contribution in [-0.2, 0) is 40.5 Å². The molecule has 0 radical (unpaired) electrons. The fraction of sp³-hybridized carbons (Fsp3) is 0.486. The van der Waals surface area contributed by atoms with Crippen molar-refractivity contribution in [1.82, 2.24) is 0 Å². The quantitative estimate of drug-likeness (QED) is 0.213. The Kier molecular flexibility index (Phi) is 10.3. The van der Waals surface area contributed by atoms with E-state index in [0.29, 0.717) is 0 Å². The number of ether oxygens (including phenoxy) is 6. The molecule has 4 aliphatic rings. The number of carbonyl (C=O) groups excluding carboxylic acids is 6. The molecule has 0 aromatic heterocycles. The molecule has 3 aliphatic carbocycles. The maximum Gasteiger partial charge on any atom is 0.343 e. The van der Waals surface area contributed by atoms with Crippen LogP contribution in [0.15, 0.2) is 17.1 Å². The van der Waals surface area contributed by atoms with Crippen molar-refractivity contribution < 1.29 is 82.7 Å². The van der Waals surface area contributed by atoms with Crippen molar-refractivity contribution in [3.63, 3.8) is 0 Å². The maximum absolute atomic E-state index is 14.9. The smallest absolute Gasteiger partial charge is 0.343 e. The first-order valence-corrected chi connectivity index (χ1v) is 17.0. The zero-order valence-corrected chi connectivity index (χ0v) is 30.5. The van der Waals surface area contributed by atoms with Crippen molar-refractivity contribution in [3.05, 3.63) is 56.6 Å². The zero-order valence-electron chi connectivity index (χ0n) is 30.5. The summed E-state index contributed by atoms with van der Waals surface area (Å²) < 4.78 is 32.0. The van der Waals surface area contributed by atoms with Crippen LogP contribution < -0.4 is 4.74 Å². The standard InChI is InChI=1S/C37H39NO17/c1-13-7-15-8-21(41)37(53-6)33(47)25-17(32(46)36(37,49)26(15)31(23(13)35(48)52-5)54-12-22(42)50-3)9-16-24(29(25)45)20(40)10-19(27(16)43)38-34-18(11-39)28(44)30(51-4)14(2)55-34/h7,9,14,18,21,28,30,34,39,41,44-45,49H,8,10-12H2,1-6H3/t14-,18+,21+,28-,30-,34-,36-,37+/m0/s1. The Morgan fingerprint density at radius 2 is 1.69 bits per heavy atom. The number of esters is 2. The Labute approximate surface area is 312 Å². The SMILES string of the molecule is COC(=O)COc1c(C(=O)OC)c(C)cc2c1[C@]1(O)C(=O)c3cc4c(c(O)c3C(=O)[C@]1(OC)[C@H](O)C2)C(=O)CC(=N[C@H]1O[C@@H](C)[C@H](OC)[C@@H](O)[C@H]1CO)C4=O. The Morgan fingerprint density at radius 3 is 2.29 bits per heavy atom. The first kappa shape index (κ1) is 39.7. The van der Waals surface area contributed by atoms with Crippen LogP contribution in [0.25, 0.3) is 0 Å². The zero-order chi connectivity index (χ0) is 40.5. The molecule has 8 atom stereocenters. The van der Waals surface area contributed by atoms with Crippen LogP contribution in [0.1, 0.15) is 81.8 Å². The lowest BCUT2D eigenvalue weighted by molar-refractivity contribution is -0.206. The summed E-state index contributed by atoms with van der Waals surface area (Å²) in [5, 5.41) is 56.9. The third-order valence-electron chi connectivity index (χ3n) is 10.9. The first-order valence-electron chi connectivity index (χ1n) is 17.0. The van der Waals surface area contributed by atoms with E-state index in [1.807, 2.05) is 0 Å². The predicted molar refractivity (Wildman–Crippen MR) is 183 cm³/mol. The van der Waals surface area contributed by atoms with Crippen molar-refractivity contribution in [2.45, 2.75) is 68.5 Å². The second-order valence-electron chi connectivity index (χ2n) is 13.7. The van der Waals surface area contributed by atoms with E-state index in [-0.39, 0.29) is 16.7 Å². The van der Waals surface area contributed by atoms with Crippen molar-refractivity contribution >= 4 is 40.8 Å². The molecular weight excluding hydrogens is 730 g/mol. The van der Waals surface area contributed by atoms with Crippen LogP contribution in [0.5, 0.6) is 11.5 Å². The number of carbonyl (C=O) groups is 6. The number of fused-ring (bicyclic) bond motifs is 5. The highest BCUT2D eigenvalue weighted by Crippen LogP contribution is 2.57. The molecule has 18 nitrogen and oxygen atoms in total. The lowest BCUT2D eigenvalue weighted by Crippen LogP contribution is -2.73. The lowest BCUT2D eigenvalue weighted by Gasteiger charge is -2.53. The number of hydrogen-bond donors (Lipinski definition) is 5. The van der Waals surface area contributed by atoms with Gasteiger partial charge in [0.1, 0.15) is 23.2 Å². The summed E-state index contributed by atoms with van der Waals surface area (Å²) in [6, 6.07) is 2.17. The fourth-order valence-corrected chi connectivity index (χ4v) is 8.25. The molecule has 0 amide bonds. The number of methoxy groups -OCH3 is 4. The van der Waals surface area contributed by atoms with Gasteiger partial charge < -0.3 is 54.0 Å². The molecular formula is C37H39NO17. The van der Waals surface area contributed by atoms with E-state index < -0.39 is 154 Å². The topological polar surface area (TPSA) is 271 Å². The van der Waals surface area contributed by atoms with Gasteiger partial charge in [-0.3, -0.25) is 24.2 Å². The van der Waals surface area contributed by atoms with Gasteiger partial charge in [0.25, 0.3) is 0 Å². The summed E-state index contributed by atoms with van der Waals surface area (Å²) in [6.07, 6.45) is -7.44. The van der Waals surface area contributed by atoms with E-state index in [9.17, 15) is 54.3 Å². The highest BCUT2D eigenvalue weighted by Gasteiger charge is 2.73. The molecule has 0 unspecified atom stereocenters. The number of ketones is 4. The molecule has 0 spiro atoms. The summed E-state index contributed by atoms with van der Waals surface area (Å²) in [7, 11) is 4.34. The van der Waals surface area contributed by atoms with Gasteiger partial charge in [-0.15, -0.1) is 0 Å². The number of aryl methyl sites for hydroxylation is 1. The number of rotatable bonds is 8. The number of nitrogens with zero attached hydrogens (tertiary/aromatic N) is 1. The second-order valence-corrected chi connectivity index (χ2v) is 13.7. The van der Waals surface area contributed by atoms with Crippen molar-refractivity contribution in [2.75, 3.05) is 41.7 Å². The first-order chi connectivity index (χ1) is 26.0. The van der Waals surface area contributed by atoms with Gasteiger partial charge in [-0.2, -0.15) is 0 Å². The molecule has 18 heteroatoms. The van der Waals surface area contributed by atoms with Crippen molar-refractivity contribution in [1.29, 1.82) is 0 Å². The van der Waals surface area contributed by atoms with Gasteiger partial charge in [-0.05, 0) is 31.0 Å². The van der Waals surface area contributed by atoms with E-state index in [1.54, 1.807) is 6.92 Å². The monoisotopic (exact) mass is 769 g/mol. The largest absolute Gasteiger partial charge is 0.506 e. The molecule has 1 heterocycles. The van der Waals surface area contributed by atoms with Gasteiger partial charge in [0.05, 0.1) is 68.3 Å². The average Bonchev–Trinajstić information content (AvgIpc) is 3.14. The summed E-state index contributed by atoms with van der Waals surface area (Å²) in [5.74, 6) is -9.41. The minimum absolute atomic E-state index is 0.00167. The van der Waals surface area contributed by atoms with Crippen LogP contribution >= 0.6 is 0 Å². The third-order valence-corrected chi connectivity index (χ3v) is 10.9. The summed E-state index contributed by atoms with van der Waals surface area (Å²) in [5.41, 5.74) is -10.2. The molecule has 294 valence electrons. The van der Waals surface area contributed by atoms with Gasteiger partial charge in [0, 0.05) is 37.3 Å². The van der Waals surface area contributed by atoms with Gasteiger partial charge in [-0.1, -0.05) is 6.07 Å². The second kappa shape index (κ2) is 14.3. The highest BCUT2D eigenvalue weighted by molar-refractivity contribution is 6.53. The van der Waals surface area contributed by atoms with E-state index in [4.69, 9.17) is 23.7 Å². The van der Waals surface area contributed by atoms with E-state index in [0.717, 1.165) is 27.4 Å². The maximum atomic E-state index is 14.9. The Bertz CT molecular complexity index is 2070. The van der Waals surface area contributed by atoms with Crippen LogP contribution in [0.4, 0.5) is 0 Å². The normalized spacial score (nSPS) is 30.6. The molecule has 5 N–H and O–H groups in total. The molecule has 1 saturated heterocycles. The molecule has 0 bridgehead atoms. The molecule has 2 aromatic rings. The van der Waals surface area contributed by atoms with Crippen molar-refractivity contribution in [3.8, 4) is 11.5 Å². The van der Waals surface area contributed by atoms with Crippen LogP contribution in [-0.4, -0.2) is 144 Å². The minimum atomic E-state index is -3.28. The number of aromatic hydroxyl groups is 1. The number of aliphatic imine (C=N–C) groups is 1. The van der Waals surface area contributed by atoms with Gasteiger partial charge in [0.15, 0.2) is 29.8 Å². The van der Waals surface area contributed by atoms with Gasteiger partial charge in [-0.25, -0.2) is 9.59 Å².